The van der Waals surface area contributed by atoms with Crippen LogP contribution in [0.5, 0.6) is 5.75 Å². The fraction of sp³-hybridized carbons (Fsp3) is 0.391. The first-order chi connectivity index (χ1) is 12.8. The van der Waals surface area contributed by atoms with E-state index < -0.39 is 0 Å². The van der Waals surface area contributed by atoms with Crippen LogP contribution in [0.25, 0.3) is 0 Å². The fourth-order valence-electron chi connectivity index (χ4n) is 3.66. The zero-order valence-corrected chi connectivity index (χ0v) is 17.0. The molecule has 1 aliphatic rings. The van der Waals surface area contributed by atoms with Gasteiger partial charge >= 0.3 is 0 Å². The molecule has 1 heterocycles. The summed E-state index contributed by atoms with van der Waals surface area (Å²) in [6.07, 6.45) is 5.32. The second-order valence-corrected chi connectivity index (χ2v) is 7.31. The van der Waals surface area contributed by atoms with E-state index in [1.165, 1.54) is 0 Å². The highest BCUT2D eigenvalue weighted by molar-refractivity contribution is 5.98. The zero-order valence-electron chi connectivity index (χ0n) is 17.0. The molecule has 0 aliphatic carbocycles. The van der Waals surface area contributed by atoms with Gasteiger partial charge in [0.1, 0.15) is 5.75 Å². The number of aliphatic imine (C=N–C) groups is 1. The van der Waals surface area contributed by atoms with Crippen LogP contribution in [0.3, 0.4) is 0 Å². The van der Waals surface area contributed by atoms with E-state index in [-0.39, 0.29) is 17.9 Å². The number of carbonyl (C=O) groups excluding carboxylic acids is 1. The Morgan fingerprint density at radius 3 is 2.63 bits per heavy atom. The largest absolute Gasteiger partial charge is 0.497 e. The number of methoxy groups -OCH3 is 1. The summed E-state index contributed by atoms with van der Waals surface area (Å²) in [5, 5.41) is 0. The first-order valence-corrected chi connectivity index (χ1v) is 9.30. The minimum atomic E-state index is -0.181. The predicted molar refractivity (Wildman–Crippen MR) is 113 cm³/mol. The molecular formula is C23H30N2O2. The summed E-state index contributed by atoms with van der Waals surface area (Å²) in [5.41, 5.74) is 3.57. The number of ether oxygens (including phenoxy) is 1. The van der Waals surface area contributed by atoms with Gasteiger partial charge in [-0.2, -0.15) is 0 Å². The van der Waals surface area contributed by atoms with E-state index in [9.17, 15) is 4.79 Å². The standard InChI is InChI=1S/C23H30N2O2/c1-8-17(13-24-9-2)22-21(16(5)6)19-11-10-18(27-7)12-20(19)23(26)25(22)14-15(3)4/h8-13,15,21-22H,1,5,14H2,2-4,6-7H3/b17-13+,24-9?. The lowest BCUT2D eigenvalue weighted by Crippen LogP contribution is -2.50. The average molecular weight is 367 g/mol. The molecule has 0 radical (unpaired) electrons. The number of fused-ring (bicyclic) bond motifs is 1. The Morgan fingerprint density at radius 1 is 1.41 bits per heavy atom. The zero-order chi connectivity index (χ0) is 20.1. The lowest BCUT2D eigenvalue weighted by atomic mass is 9.76. The van der Waals surface area contributed by atoms with E-state index >= 15 is 0 Å². The van der Waals surface area contributed by atoms with Gasteiger partial charge in [0.2, 0.25) is 0 Å². The molecule has 0 N–H and O–H groups in total. The van der Waals surface area contributed by atoms with Crippen molar-refractivity contribution in [3.8, 4) is 5.75 Å². The molecule has 0 aromatic heterocycles. The molecule has 0 bridgehead atoms. The molecule has 0 saturated carbocycles. The van der Waals surface area contributed by atoms with E-state index in [1.807, 2.05) is 36.9 Å². The summed E-state index contributed by atoms with van der Waals surface area (Å²) in [4.78, 5) is 19.7. The van der Waals surface area contributed by atoms with Gasteiger partial charge in [0, 0.05) is 30.4 Å². The van der Waals surface area contributed by atoms with Gasteiger partial charge in [0.25, 0.3) is 5.91 Å². The van der Waals surface area contributed by atoms with E-state index in [0.29, 0.717) is 23.8 Å². The van der Waals surface area contributed by atoms with E-state index in [1.54, 1.807) is 25.6 Å². The lowest BCUT2D eigenvalue weighted by molar-refractivity contribution is 0.0638. The van der Waals surface area contributed by atoms with Crippen molar-refractivity contribution in [2.45, 2.75) is 39.7 Å². The van der Waals surface area contributed by atoms with Gasteiger partial charge < -0.3 is 9.64 Å². The summed E-state index contributed by atoms with van der Waals surface area (Å²) in [6.45, 7) is 17.0. The second-order valence-electron chi connectivity index (χ2n) is 7.31. The Balaban J connectivity index is 2.74. The lowest BCUT2D eigenvalue weighted by Gasteiger charge is -2.44. The van der Waals surface area contributed by atoms with Crippen molar-refractivity contribution >= 4 is 12.1 Å². The van der Waals surface area contributed by atoms with Crippen molar-refractivity contribution in [2.24, 2.45) is 10.9 Å². The highest BCUT2D eigenvalue weighted by Crippen LogP contribution is 2.42. The minimum Gasteiger partial charge on any atom is -0.497 e. The number of rotatable bonds is 7. The number of nitrogens with zero attached hydrogens (tertiary/aromatic N) is 2. The van der Waals surface area contributed by atoms with Crippen LogP contribution in [-0.2, 0) is 0 Å². The van der Waals surface area contributed by atoms with Gasteiger partial charge in [0.15, 0.2) is 0 Å². The highest BCUT2D eigenvalue weighted by atomic mass is 16.5. The van der Waals surface area contributed by atoms with Crippen molar-refractivity contribution in [2.75, 3.05) is 13.7 Å². The Hall–Kier alpha value is -2.62. The van der Waals surface area contributed by atoms with Gasteiger partial charge in [-0.1, -0.05) is 44.7 Å². The summed E-state index contributed by atoms with van der Waals surface area (Å²) in [7, 11) is 1.61. The average Bonchev–Trinajstić information content (AvgIpc) is 2.64. The normalized spacial score (nSPS) is 20.1. The molecule has 1 aromatic rings. The molecule has 1 aromatic carbocycles. The van der Waals surface area contributed by atoms with Crippen LogP contribution in [0.2, 0.25) is 0 Å². The molecule has 0 spiro atoms. The van der Waals surface area contributed by atoms with Crippen molar-refractivity contribution in [1.29, 1.82) is 0 Å². The van der Waals surface area contributed by atoms with E-state index in [4.69, 9.17) is 4.74 Å². The van der Waals surface area contributed by atoms with Crippen LogP contribution in [0.1, 0.15) is 49.5 Å². The third-order valence-corrected chi connectivity index (χ3v) is 4.78. The summed E-state index contributed by atoms with van der Waals surface area (Å²) in [5.74, 6) is 0.989. The van der Waals surface area contributed by atoms with E-state index in [0.717, 1.165) is 16.7 Å². The maximum absolute atomic E-state index is 13.4. The Morgan fingerprint density at radius 2 is 2.11 bits per heavy atom. The molecule has 0 fully saturated rings. The molecule has 0 saturated heterocycles. The van der Waals surface area contributed by atoms with Gasteiger partial charge in [-0.25, -0.2) is 0 Å². The molecule has 4 heteroatoms. The number of amides is 1. The fourth-order valence-corrected chi connectivity index (χ4v) is 3.66. The van der Waals surface area contributed by atoms with Gasteiger partial charge in [-0.15, -0.1) is 0 Å². The molecular weight excluding hydrogens is 336 g/mol. The number of hydrogen-bond acceptors (Lipinski definition) is 3. The highest BCUT2D eigenvalue weighted by Gasteiger charge is 2.41. The monoisotopic (exact) mass is 366 g/mol. The van der Waals surface area contributed by atoms with Crippen molar-refractivity contribution in [3.63, 3.8) is 0 Å². The molecule has 2 rings (SSSR count). The van der Waals surface area contributed by atoms with Crippen LogP contribution >= 0.6 is 0 Å². The number of benzene rings is 1. The molecule has 1 aliphatic heterocycles. The summed E-state index contributed by atoms with van der Waals surface area (Å²) >= 11 is 0. The maximum Gasteiger partial charge on any atom is 0.254 e. The predicted octanol–water partition coefficient (Wildman–Crippen LogP) is 5.00. The maximum atomic E-state index is 13.4. The second kappa shape index (κ2) is 8.85. The molecule has 2 atom stereocenters. The van der Waals surface area contributed by atoms with Gasteiger partial charge in [0.05, 0.1) is 13.2 Å². The van der Waals surface area contributed by atoms with Gasteiger partial charge in [-0.3, -0.25) is 9.79 Å². The molecule has 4 nitrogen and oxygen atoms in total. The third-order valence-electron chi connectivity index (χ3n) is 4.78. The molecule has 27 heavy (non-hydrogen) atoms. The number of carbonyl (C=O) groups is 1. The summed E-state index contributed by atoms with van der Waals surface area (Å²) < 4.78 is 5.35. The van der Waals surface area contributed by atoms with Crippen LogP contribution in [-0.4, -0.2) is 36.7 Å². The summed E-state index contributed by atoms with van der Waals surface area (Å²) in [6, 6.07) is 5.53. The molecule has 2 unspecified atom stereocenters. The minimum absolute atomic E-state index is 0.00771. The Bertz CT molecular complexity index is 790. The van der Waals surface area contributed by atoms with Gasteiger partial charge in [-0.05, 0) is 43.0 Å². The van der Waals surface area contributed by atoms with Crippen LogP contribution in [0, 0.1) is 5.92 Å². The molecule has 1 amide bonds. The first-order valence-electron chi connectivity index (χ1n) is 9.30. The van der Waals surface area contributed by atoms with Crippen LogP contribution in [0.15, 0.2) is 59.8 Å². The topological polar surface area (TPSA) is 41.9 Å². The number of hydrogen-bond donors (Lipinski definition) is 0. The third kappa shape index (κ3) is 4.21. The molecule has 144 valence electrons. The Kier molecular flexibility index (Phi) is 6.78. The van der Waals surface area contributed by atoms with E-state index in [2.05, 4.69) is 32.0 Å². The van der Waals surface area contributed by atoms with Crippen LogP contribution < -0.4 is 4.74 Å². The quantitative estimate of drug-likeness (QED) is 0.387. The first kappa shape index (κ1) is 20.7. The SMILES string of the molecule is C=C/C(=C\N=CC)C1C(C(=C)C)c2ccc(OC)cc2C(=O)N1CC(C)C. The van der Waals surface area contributed by atoms with Crippen molar-refractivity contribution in [1.82, 2.24) is 4.90 Å². The van der Waals surface area contributed by atoms with Crippen molar-refractivity contribution < 1.29 is 9.53 Å². The van der Waals surface area contributed by atoms with Crippen LogP contribution in [0.4, 0.5) is 0 Å². The van der Waals surface area contributed by atoms with Crippen molar-refractivity contribution in [3.05, 3.63) is 65.9 Å². The Labute approximate surface area is 162 Å². The smallest absolute Gasteiger partial charge is 0.254 e.